The van der Waals surface area contributed by atoms with Gasteiger partial charge in [0.15, 0.2) is 0 Å². The van der Waals surface area contributed by atoms with Crippen molar-refractivity contribution in [2.45, 2.75) is 42.6 Å². The lowest BCUT2D eigenvalue weighted by Crippen LogP contribution is -2.43. The molecule has 2 N–H and O–H groups in total. The molecule has 24 heavy (non-hydrogen) atoms. The summed E-state index contributed by atoms with van der Waals surface area (Å²) in [5, 5.41) is 24.2. The van der Waals surface area contributed by atoms with Crippen molar-refractivity contribution in [3.05, 3.63) is 28.3 Å². The summed E-state index contributed by atoms with van der Waals surface area (Å²) in [6.45, 7) is 1.08. The molecule has 1 aliphatic carbocycles. The average Bonchev–Trinajstić information content (AvgIpc) is 3.06. The van der Waals surface area contributed by atoms with E-state index < -0.39 is 20.5 Å². The van der Waals surface area contributed by atoms with E-state index in [1.54, 1.807) is 0 Å². The van der Waals surface area contributed by atoms with Crippen LogP contribution in [-0.2, 0) is 10.0 Å². The fourth-order valence-corrected chi connectivity index (χ4v) is 4.78. The molecule has 0 radical (unpaired) electrons. The van der Waals surface area contributed by atoms with Gasteiger partial charge in [0.2, 0.25) is 10.0 Å². The molecule has 1 saturated carbocycles. The number of benzene rings is 1. The van der Waals surface area contributed by atoms with Crippen LogP contribution in [0.5, 0.6) is 0 Å². The van der Waals surface area contributed by atoms with Crippen molar-refractivity contribution in [2.75, 3.05) is 25.0 Å². The Bertz CT molecular complexity index is 739. The Hall–Kier alpha value is -1.71. The quantitative estimate of drug-likeness (QED) is 0.593. The summed E-state index contributed by atoms with van der Waals surface area (Å²) < 4.78 is 27.0. The molecular weight excluding hydrogens is 334 g/mol. The monoisotopic (exact) mass is 355 g/mol. The molecule has 2 fully saturated rings. The molecule has 1 saturated heterocycles. The molecule has 0 unspecified atom stereocenters. The second-order valence-electron chi connectivity index (χ2n) is 6.48. The highest BCUT2D eigenvalue weighted by molar-refractivity contribution is 7.89. The molecule has 0 amide bonds. The largest absolute Gasteiger partial charge is 0.388 e. The maximum Gasteiger partial charge on any atom is 0.270 e. The molecule has 1 heterocycles. The zero-order chi connectivity index (χ0) is 17.4. The van der Waals surface area contributed by atoms with E-state index in [1.165, 1.54) is 16.4 Å². The fourth-order valence-electron chi connectivity index (χ4n) is 3.07. The molecule has 132 valence electrons. The van der Waals surface area contributed by atoms with Gasteiger partial charge in [-0.2, -0.15) is 4.31 Å². The van der Waals surface area contributed by atoms with Gasteiger partial charge in [-0.3, -0.25) is 10.1 Å². The van der Waals surface area contributed by atoms with Crippen LogP contribution >= 0.6 is 0 Å². The Balaban J connectivity index is 1.93. The summed E-state index contributed by atoms with van der Waals surface area (Å²) in [6, 6.07) is 3.78. The zero-order valence-electron chi connectivity index (χ0n) is 13.3. The van der Waals surface area contributed by atoms with E-state index in [0.717, 1.165) is 25.3 Å². The highest BCUT2D eigenvalue weighted by Gasteiger charge is 2.35. The first-order chi connectivity index (χ1) is 11.3. The number of nitro groups is 1. The standard InChI is InChI=1S/C15H21N3O5S/c19-15(6-3-7-15)11-16-13-5-4-12(18(20)21)10-14(13)24(22,23)17-8-1-2-9-17/h4-5,10,16,19H,1-3,6-9,11H2. The molecule has 2 aliphatic rings. The van der Waals surface area contributed by atoms with Crippen molar-refractivity contribution >= 4 is 21.4 Å². The Morgan fingerprint density at radius 2 is 1.92 bits per heavy atom. The van der Waals surface area contributed by atoms with E-state index in [0.29, 0.717) is 31.6 Å². The summed E-state index contributed by atoms with van der Waals surface area (Å²) in [7, 11) is -3.80. The zero-order valence-corrected chi connectivity index (χ0v) is 14.1. The highest BCUT2D eigenvalue weighted by Crippen LogP contribution is 2.34. The summed E-state index contributed by atoms with van der Waals surface area (Å²) >= 11 is 0. The number of hydrogen-bond acceptors (Lipinski definition) is 6. The van der Waals surface area contributed by atoms with Crippen LogP contribution < -0.4 is 5.32 Å². The van der Waals surface area contributed by atoms with Crippen LogP contribution in [0.2, 0.25) is 0 Å². The lowest BCUT2D eigenvalue weighted by atomic mass is 9.80. The van der Waals surface area contributed by atoms with E-state index in [4.69, 9.17) is 0 Å². The number of nitrogens with zero attached hydrogens (tertiary/aromatic N) is 2. The van der Waals surface area contributed by atoms with Crippen molar-refractivity contribution in [3.8, 4) is 0 Å². The Morgan fingerprint density at radius 3 is 2.46 bits per heavy atom. The third-order valence-corrected chi connectivity index (χ3v) is 6.69. The number of nitro benzene ring substituents is 1. The molecular formula is C15H21N3O5S. The van der Waals surface area contributed by atoms with Crippen molar-refractivity contribution in [1.29, 1.82) is 0 Å². The minimum absolute atomic E-state index is 0.0958. The van der Waals surface area contributed by atoms with Gasteiger partial charge >= 0.3 is 0 Å². The summed E-state index contributed by atoms with van der Waals surface area (Å²) in [5.41, 5.74) is -0.787. The van der Waals surface area contributed by atoms with E-state index in [9.17, 15) is 23.6 Å². The van der Waals surface area contributed by atoms with Crippen molar-refractivity contribution in [1.82, 2.24) is 4.31 Å². The van der Waals surface area contributed by atoms with Gasteiger partial charge in [-0.15, -0.1) is 0 Å². The number of sulfonamides is 1. The SMILES string of the molecule is O=[N+]([O-])c1ccc(NCC2(O)CCC2)c(S(=O)(=O)N2CCCC2)c1. The predicted octanol–water partition coefficient (Wildman–Crippen LogP) is 1.71. The summed E-state index contributed by atoms with van der Waals surface area (Å²) in [4.78, 5) is 10.3. The highest BCUT2D eigenvalue weighted by atomic mass is 32.2. The number of nitrogens with one attached hydrogen (secondary N) is 1. The molecule has 9 heteroatoms. The van der Waals surface area contributed by atoms with Gasteiger partial charge in [-0.1, -0.05) is 0 Å². The summed E-state index contributed by atoms with van der Waals surface area (Å²) in [6.07, 6.45) is 3.85. The molecule has 0 bridgehead atoms. The van der Waals surface area contributed by atoms with Crippen LogP contribution in [0.15, 0.2) is 23.1 Å². The minimum Gasteiger partial charge on any atom is -0.388 e. The summed E-state index contributed by atoms with van der Waals surface area (Å²) in [5.74, 6) is 0. The molecule has 0 spiro atoms. The lowest BCUT2D eigenvalue weighted by Gasteiger charge is -2.37. The first-order valence-electron chi connectivity index (χ1n) is 8.07. The van der Waals surface area contributed by atoms with E-state index in [1.807, 2.05) is 0 Å². The van der Waals surface area contributed by atoms with Crippen LogP contribution in [0.3, 0.4) is 0 Å². The number of aliphatic hydroxyl groups is 1. The van der Waals surface area contributed by atoms with Crippen LogP contribution in [-0.4, -0.2) is 48.0 Å². The van der Waals surface area contributed by atoms with E-state index >= 15 is 0 Å². The second kappa shape index (κ2) is 6.30. The van der Waals surface area contributed by atoms with Gasteiger partial charge in [0, 0.05) is 31.8 Å². The minimum atomic E-state index is -3.80. The van der Waals surface area contributed by atoms with Crippen LogP contribution in [0.4, 0.5) is 11.4 Å². The molecule has 0 atom stereocenters. The number of anilines is 1. The lowest BCUT2D eigenvalue weighted by molar-refractivity contribution is -0.385. The third-order valence-electron chi connectivity index (χ3n) is 4.75. The fraction of sp³-hybridized carbons (Fsp3) is 0.600. The van der Waals surface area contributed by atoms with Gasteiger partial charge in [-0.25, -0.2) is 8.42 Å². The van der Waals surface area contributed by atoms with Crippen LogP contribution in [0.1, 0.15) is 32.1 Å². The van der Waals surface area contributed by atoms with Crippen molar-refractivity contribution in [2.24, 2.45) is 0 Å². The Morgan fingerprint density at radius 1 is 1.25 bits per heavy atom. The van der Waals surface area contributed by atoms with Gasteiger partial charge in [0.05, 0.1) is 16.2 Å². The van der Waals surface area contributed by atoms with Crippen molar-refractivity contribution in [3.63, 3.8) is 0 Å². The maximum atomic E-state index is 12.8. The first-order valence-corrected chi connectivity index (χ1v) is 9.51. The van der Waals surface area contributed by atoms with E-state index in [-0.39, 0.29) is 17.1 Å². The Labute approximate surface area is 140 Å². The molecule has 3 rings (SSSR count). The molecule has 1 aliphatic heterocycles. The van der Waals surface area contributed by atoms with Crippen molar-refractivity contribution < 1.29 is 18.4 Å². The number of non-ortho nitro benzene ring substituents is 1. The smallest absolute Gasteiger partial charge is 0.270 e. The van der Waals surface area contributed by atoms with Gasteiger partial charge in [0.1, 0.15) is 4.90 Å². The second-order valence-corrected chi connectivity index (χ2v) is 8.39. The normalized spacial score (nSPS) is 20.5. The van der Waals surface area contributed by atoms with Gasteiger partial charge in [-0.05, 0) is 38.2 Å². The van der Waals surface area contributed by atoms with Crippen LogP contribution in [0.25, 0.3) is 0 Å². The van der Waals surface area contributed by atoms with Gasteiger partial charge < -0.3 is 10.4 Å². The van der Waals surface area contributed by atoms with E-state index in [2.05, 4.69) is 5.32 Å². The van der Waals surface area contributed by atoms with Crippen LogP contribution in [0, 0.1) is 10.1 Å². The third kappa shape index (κ3) is 3.24. The first kappa shape index (κ1) is 17.1. The molecule has 1 aromatic carbocycles. The topological polar surface area (TPSA) is 113 Å². The number of hydrogen-bond donors (Lipinski definition) is 2. The Kier molecular flexibility index (Phi) is 4.50. The molecule has 8 nitrogen and oxygen atoms in total. The molecule has 0 aromatic heterocycles. The molecule has 1 aromatic rings. The maximum absolute atomic E-state index is 12.8. The number of rotatable bonds is 6. The predicted molar refractivity (Wildman–Crippen MR) is 88.4 cm³/mol. The van der Waals surface area contributed by atoms with Gasteiger partial charge in [0.25, 0.3) is 5.69 Å². The average molecular weight is 355 g/mol.